The van der Waals surface area contributed by atoms with E-state index >= 15 is 0 Å². The van der Waals surface area contributed by atoms with E-state index in [2.05, 4.69) is 46.9 Å². The van der Waals surface area contributed by atoms with E-state index < -0.39 is 0 Å². The van der Waals surface area contributed by atoms with Crippen molar-refractivity contribution in [1.29, 1.82) is 0 Å². The number of halogens is 1. The number of allylic oxidation sites excluding steroid dienone is 3. The van der Waals surface area contributed by atoms with E-state index in [1.54, 1.807) is 0 Å². The lowest BCUT2D eigenvalue weighted by molar-refractivity contribution is 0.684. The average molecular weight is 264 g/mol. The Kier molecular flexibility index (Phi) is 9.03. The second-order valence-corrected chi connectivity index (χ2v) is 4.96. The predicted octanol–water partition coefficient (Wildman–Crippen LogP) is 3.49. The molecule has 1 N–H and O–H groups in total. The monoisotopic (exact) mass is 263 g/mol. The first kappa shape index (κ1) is 13.3. The Balaban J connectivity index is 3.54. The van der Waals surface area contributed by atoms with Crippen LogP contribution in [0, 0.1) is 0 Å². The molecule has 0 unspecified atom stereocenters. The summed E-state index contributed by atoms with van der Waals surface area (Å²) < 4.78 is 0.886. The SMILES string of the molecule is CNCCCC/C=C(C)/C=C(\S)Br. The third-order valence-electron chi connectivity index (χ3n) is 1.69. The van der Waals surface area contributed by atoms with Crippen LogP contribution in [-0.2, 0) is 0 Å². The Hall–Kier alpha value is 0.270. The lowest BCUT2D eigenvalue weighted by Crippen LogP contribution is -2.06. The van der Waals surface area contributed by atoms with Gasteiger partial charge >= 0.3 is 0 Å². The Morgan fingerprint density at radius 2 is 2.15 bits per heavy atom. The number of unbranched alkanes of at least 4 members (excludes halogenated alkanes) is 2. The van der Waals surface area contributed by atoms with Crippen LogP contribution in [-0.4, -0.2) is 13.6 Å². The number of hydrogen-bond donors (Lipinski definition) is 2. The van der Waals surface area contributed by atoms with Crippen molar-refractivity contribution in [3.8, 4) is 0 Å². The highest BCUT2D eigenvalue weighted by atomic mass is 79.9. The molecule has 0 aromatic rings. The Morgan fingerprint density at radius 1 is 1.46 bits per heavy atom. The molecule has 0 aromatic heterocycles. The minimum atomic E-state index is 0.886. The van der Waals surface area contributed by atoms with Crippen LogP contribution in [0.5, 0.6) is 0 Å². The van der Waals surface area contributed by atoms with Crippen molar-refractivity contribution in [2.24, 2.45) is 0 Å². The van der Waals surface area contributed by atoms with Gasteiger partial charge in [0.25, 0.3) is 0 Å². The molecule has 0 spiro atoms. The van der Waals surface area contributed by atoms with Crippen LogP contribution in [0.25, 0.3) is 0 Å². The molecule has 0 aliphatic carbocycles. The average Bonchev–Trinajstić information content (AvgIpc) is 2.02. The summed E-state index contributed by atoms with van der Waals surface area (Å²) in [5.74, 6) is 0. The van der Waals surface area contributed by atoms with E-state index in [0.717, 1.165) is 16.8 Å². The maximum absolute atomic E-state index is 4.14. The van der Waals surface area contributed by atoms with Crippen LogP contribution in [0.3, 0.4) is 0 Å². The van der Waals surface area contributed by atoms with Crippen molar-refractivity contribution in [3.63, 3.8) is 0 Å². The van der Waals surface area contributed by atoms with Gasteiger partial charge in [0.15, 0.2) is 0 Å². The maximum atomic E-state index is 4.14. The molecular weight excluding hydrogens is 246 g/mol. The van der Waals surface area contributed by atoms with Gasteiger partial charge in [-0.1, -0.05) is 11.6 Å². The van der Waals surface area contributed by atoms with Gasteiger partial charge in [0.2, 0.25) is 0 Å². The van der Waals surface area contributed by atoms with Gasteiger partial charge in [0, 0.05) is 3.81 Å². The summed E-state index contributed by atoms with van der Waals surface area (Å²) >= 11 is 7.43. The van der Waals surface area contributed by atoms with Crippen LogP contribution in [0.15, 0.2) is 21.5 Å². The third kappa shape index (κ3) is 10.2. The van der Waals surface area contributed by atoms with Crippen molar-refractivity contribution in [2.75, 3.05) is 13.6 Å². The fraction of sp³-hybridized carbons (Fsp3) is 0.600. The van der Waals surface area contributed by atoms with Gasteiger partial charge in [-0.2, -0.15) is 0 Å². The first-order valence-electron chi connectivity index (χ1n) is 4.54. The van der Waals surface area contributed by atoms with E-state index in [1.165, 1.54) is 18.4 Å². The smallest absolute Gasteiger partial charge is 0.0474 e. The quantitative estimate of drug-likeness (QED) is 0.425. The number of hydrogen-bond acceptors (Lipinski definition) is 2. The van der Waals surface area contributed by atoms with E-state index in [4.69, 9.17) is 0 Å². The second-order valence-electron chi connectivity index (χ2n) is 3.01. The van der Waals surface area contributed by atoms with Crippen molar-refractivity contribution in [1.82, 2.24) is 5.32 Å². The summed E-state index contributed by atoms with van der Waals surface area (Å²) in [5.41, 5.74) is 1.27. The Morgan fingerprint density at radius 3 is 2.69 bits per heavy atom. The standard InChI is InChI=1S/C10H18BrNS/c1-9(8-10(11)13)6-4-3-5-7-12-2/h6,8,12-13H,3-5,7H2,1-2H3/b9-6+,10-8-. The fourth-order valence-corrected chi connectivity index (χ4v) is 1.59. The van der Waals surface area contributed by atoms with Gasteiger partial charge in [-0.15, -0.1) is 12.6 Å². The molecule has 1 nitrogen and oxygen atoms in total. The summed E-state index contributed by atoms with van der Waals surface area (Å²) in [7, 11) is 1.99. The molecular formula is C10H18BrNS. The molecule has 0 radical (unpaired) electrons. The lowest BCUT2D eigenvalue weighted by Gasteiger charge is -1.97. The molecule has 0 heterocycles. The molecule has 76 valence electrons. The van der Waals surface area contributed by atoms with Crippen LogP contribution in [0.2, 0.25) is 0 Å². The Labute approximate surface area is 95.2 Å². The molecule has 0 saturated carbocycles. The topological polar surface area (TPSA) is 12.0 Å². The molecule has 0 amide bonds. The van der Waals surface area contributed by atoms with Crippen molar-refractivity contribution >= 4 is 28.6 Å². The molecule has 0 atom stereocenters. The zero-order valence-corrected chi connectivity index (χ0v) is 10.8. The summed E-state index contributed by atoms with van der Waals surface area (Å²) in [6, 6.07) is 0. The van der Waals surface area contributed by atoms with E-state index in [1.807, 2.05) is 13.1 Å². The van der Waals surface area contributed by atoms with Gasteiger partial charge in [0.1, 0.15) is 0 Å². The summed E-state index contributed by atoms with van der Waals surface area (Å²) in [4.78, 5) is 0. The van der Waals surface area contributed by atoms with Crippen LogP contribution >= 0.6 is 28.6 Å². The summed E-state index contributed by atoms with van der Waals surface area (Å²) in [5, 5.41) is 3.14. The Bertz CT molecular complexity index is 183. The first-order chi connectivity index (χ1) is 6.16. The van der Waals surface area contributed by atoms with E-state index in [0.29, 0.717) is 0 Å². The van der Waals surface area contributed by atoms with Crippen molar-refractivity contribution in [3.05, 3.63) is 21.5 Å². The summed E-state index contributed by atoms with van der Waals surface area (Å²) in [6.07, 6.45) is 7.90. The molecule has 3 heteroatoms. The summed E-state index contributed by atoms with van der Waals surface area (Å²) in [6.45, 7) is 3.20. The van der Waals surface area contributed by atoms with Crippen LogP contribution in [0.1, 0.15) is 26.2 Å². The number of nitrogens with one attached hydrogen (secondary N) is 1. The molecule has 0 bridgehead atoms. The maximum Gasteiger partial charge on any atom is 0.0474 e. The highest BCUT2D eigenvalue weighted by Crippen LogP contribution is 2.13. The highest BCUT2D eigenvalue weighted by Gasteiger charge is 1.87. The van der Waals surface area contributed by atoms with Gasteiger partial charge in [-0.3, -0.25) is 0 Å². The third-order valence-corrected chi connectivity index (χ3v) is 2.05. The molecule has 0 aliphatic rings. The van der Waals surface area contributed by atoms with Gasteiger partial charge in [-0.05, 0) is 61.8 Å². The number of rotatable bonds is 6. The fourth-order valence-electron chi connectivity index (χ4n) is 1.02. The minimum absolute atomic E-state index is 0.886. The van der Waals surface area contributed by atoms with Gasteiger partial charge in [-0.25, -0.2) is 0 Å². The molecule has 0 aliphatic heterocycles. The molecule has 0 saturated heterocycles. The van der Waals surface area contributed by atoms with Gasteiger partial charge < -0.3 is 5.32 Å². The van der Waals surface area contributed by atoms with E-state index in [-0.39, 0.29) is 0 Å². The van der Waals surface area contributed by atoms with Crippen LogP contribution in [0.4, 0.5) is 0 Å². The minimum Gasteiger partial charge on any atom is -0.320 e. The zero-order chi connectivity index (χ0) is 10.1. The van der Waals surface area contributed by atoms with E-state index in [9.17, 15) is 0 Å². The molecule has 13 heavy (non-hydrogen) atoms. The molecule has 0 fully saturated rings. The van der Waals surface area contributed by atoms with Crippen molar-refractivity contribution in [2.45, 2.75) is 26.2 Å². The van der Waals surface area contributed by atoms with Crippen molar-refractivity contribution < 1.29 is 0 Å². The largest absolute Gasteiger partial charge is 0.320 e. The second kappa shape index (κ2) is 8.85. The molecule has 0 rings (SSSR count). The predicted molar refractivity (Wildman–Crippen MR) is 67.5 cm³/mol. The first-order valence-corrected chi connectivity index (χ1v) is 5.78. The zero-order valence-electron chi connectivity index (χ0n) is 8.31. The van der Waals surface area contributed by atoms with Gasteiger partial charge in [0.05, 0.1) is 0 Å². The lowest BCUT2D eigenvalue weighted by atomic mass is 10.2. The normalized spacial score (nSPS) is 13.5. The highest BCUT2D eigenvalue weighted by molar-refractivity contribution is 9.13. The molecule has 0 aromatic carbocycles. The van der Waals surface area contributed by atoms with Crippen LogP contribution < -0.4 is 5.32 Å². The number of thiol groups is 1.